The van der Waals surface area contributed by atoms with Crippen LogP contribution in [0, 0.1) is 11.3 Å². The first-order chi connectivity index (χ1) is 10.1. The van der Waals surface area contributed by atoms with Crippen LogP contribution < -0.4 is 0 Å². The Labute approximate surface area is 127 Å². The first-order valence-electron chi connectivity index (χ1n) is 6.49. The summed E-state index contributed by atoms with van der Waals surface area (Å²) in [5.74, 6) is 0. The summed E-state index contributed by atoms with van der Waals surface area (Å²) in [4.78, 5) is 5.07. The molecule has 0 spiro atoms. The quantitative estimate of drug-likeness (QED) is 0.851. The van der Waals surface area contributed by atoms with Gasteiger partial charge in [0.2, 0.25) is 10.0 Å². The second-order valence-electron chi connectivity index (χ2n) is 4.80. The Morgan fingerprint density at radius 2 is 2.29 bits per heavy atom. The Bertz CT molecular complexity index is 821. The van der Waals surface area contributed by atoms with Crippen molar-refractivity contribution in [1.29, 1.82) is 5.26 Å². The molecule has 1 aliphatic rings. The molecular formula is C14H13N3O2S2. The number of sulfonamides is 1. The molecule has 0 bridgehead atoms. The van der Waals surface area contributed by atoms with E-state index in [0.717, 1.165) is 5.56 Å². The number of thiophene rings is 1. The van der Waals surface area contributed by atoms with Gasteiger partial charge < -0.3 is 0 Å². The second-order valence-corrected chi connectivity index (χ2v) is 7.66. The van der Waals surface area contributed by atoms with Crippen molar-refractivity contribution >= 4 is 21.4 Å². The first-order valence-corrected chi connectivity index (χ1v) is 8.81. The van der Waals surface area contributed by atoms with Gasteiger partial charge in [0.1, 0.15) is 11.0 Å². The van der Waals surface area contributed by atoms with Gasteiger partial charge in [0.25, 0.3) is 0 Å². The van der Waals surface area contributed by atoms with Gasteiger partial charge in [0.15, 0.2) is 5.69 Å². The molecule has 3 heterocycles. The topological polar surface area (TPSA) is 74.1 Å². The highest BCUT2D eigenvalue weighted by atomic mass is 32.2. The van der Waals surface area contributed by atoms with Gasteiger partial charge >= 0.3 is 0 Å². The lowest BCUT2D eigenvalue weighted by molar-refractivity contribution is 0.329. The van der Waals surface area contributed by atoms with Crippen LogP contribution in [0.4, 0.5) is 0 Å². The van der Waals surface area contributed by atoms with Gasteiger partial charge in [-0.05, 0) is 42.5 Å². The maximum atomic E-state index is 12.8. The minimum atomic E-state index is -3.72. The van der Waals surface area contributed by atoms with E-state index in [0.29, 0.717) is 13.0 Å². The number of nitrogens with zero attached hydrogens (tertiary/aromatic N) is 3. The lowest BCUT2D eigenvalue weighted by Crippen LogP contribution is -2.38. The zero-order valence-corrected chi connectivity index (χ0v) is 13.0. The van der Waals surface area contributed by atoms with Gasteiger partial charge in [0.05, 0.1) is 0 Å². The van der Waals surface area contributed by atoms with Crippen molar-refractivity contribution in [3.63, 3.8) is 0 Å². The molecule has 0 aliphatic carbocycles. The highest BCUT2D eigenvalue weighted by Gasteiger charge is 2.35. The average Bonchev–Trinajstić information content (AvgIpc) is 2.96. The summed E-state index contributed by atoms with van der Waals surface area (Å²) < 4.78 is 27.2. The molecule has 2 aromatic heterocycles. The molecule has 0 fully saturated rings. The van der Waals surface area contributed by atoms with Gasteiger partial charge in [0, 0.05) is 23.7 Å². The minimum absolute atomic E-state index is 0.0157. The van der Waals surface area contributed by atoms with Crippen LogP contribution in [0.2, 0.25) is 0 Å². The van der Waals surface area contributed by atoms with Gasteiger partial charge in [-0.3, -0.25) is 0 Å². The van der Waals surface area contributed by atoms with Crippen LogP contribution in [0.1, 0.15) is 29.1 Å². The molecule has 0 radical (unpaired) electrons. The van der Waals surface area contributed by atoms with E-state index in [1.54, 1.807) is 17.4 Å². The summed E-state index contributed by atoms with van der Waals surface area (Å²) in [6.45, 7) is 2.31. The molecule has 0 amide bonds. The molecule has 2 aromatic rings. The smallest absolute Gasteiger partial charge is 0.244 e. The number of hydrogen-bond donors (Lipinski definition) is 0. The molecule has 0 saturated carbocycles. The molecule has 0 saturated heterocycles. The fraction of sp³-hybridized carbons (Fsp3) is 0.286. The normalized spacial score (nSPS) is 19.0. The van der Waals surface area contributed by atoms with Gasteiger partial charge in [-0.1, -0.05) is 0 Å². The van der Waals surface area contributed by atoms with Crippen LogP contribution >= 0.6 is 11.3 Å². The molecule has 0 N–H and O–H groups in total. The number of pyridine rings is 1. The van der Waals surface area contributed by atoms with Gasteiger partial charge in [-0.15, -0.1) is 11.3 Å². The molecule has 7 heteroatoms. The van der Waals surface area contributed by atoms with E-state index in [9.17, 15) is 8.42 Å². The van der Waals surface area contributed by atoms with Crippen LogP contribution in [0.15, 0.2) is 34.7 Å². The molecule has 1 aliphatic heterocycles. The van der Waals surface area contributed by atoms with E-state index >= 15 is 0 Å². The number of rotatable bonds is 2. The summed E-state index contributed by atoms with van der Waals surface area (Å²) in [5.41, 5.74) is 0.998. The Morgan fingerprint density at radius 1 is 1.48 bits per heavy atom. The Hall–Kier alpha value is -1.75. The third kappa shape index (κ3) is 2.25. The molecule has 1 atom stereocenters. The van der Waals surface area contributed by atoms with Crippen LogP contribution in [0.5, 0.6) is 0 Å². The average molecular weight is 319 g/mol. The van der Waals surface area contributed by atoms with Gasteiger partial charge in [-0.2, -0.15) is 9.57 Å². The van der Waals surface area contributed by atoms with Crippen LogP contribution in [-0.2, 0) is 16.4 Å². The van der Waals surface area contributed by atoms with Crippen LogP contribution in [0.25, 0.3) is 0 Å². The number of aromatic nitrogens is 1. The van der Waals surface area contributed by atoms with Crippen molar-refractivity contribution in [2.45, 2.75) is 24.3 Å². The summed E-state index contributed by atoms with van der Waals surface area (Å²) >= 11 is 1.66. The van der Waals surface area contributed by atoms with Crippen LogP contribution in [-0.4, -0.2) is 24.3 Å². The lowest BCUT2D eigenvalue weighted by atomic mass is 10.0. The standard InChI is InChI=1S/C14H13N3O2S2/c1-10-11-5-8-20-13(11)4-7-17(10)21(18,19)14-3-2-6-16-12(14)9-15/h2-3,5-6,8,10H,4,7H2,1H3. The molecule has 1 unspecified atom stereocenters. The van der Waals surface area contributed by atoms with E-state index in [1.807, 2.05) is 24.4 Å². The Balaban J connectivity index is 2.06. The number of nitriles is 1. The highest BCUT2D eigenvalue weighted by molar-refractivity contribution is 7.89. The van der Waals surface area contributed by atoms with Crippen molar-refractivity contribution in [3.8, 4) is 6.07 Å². The molecule has 3 rings (SSSR count). The molecule has 0 aromatic carbocycles. The number of hydrogen-bond acceptors (Lipinski definition) is 5. The zero-order valence-electron chi connectivity index (χ0n) is 11.4. The fourth-order valence-electron chi connectivity index (χ4n) is 2.62. The Morgan fingerprint density at radius 3 is 3.05 bits per heavy atom. The Kier molecular flexibility index (Phi) is 3.53. The molecule has 108 valence electrons. The van der Waals surface area contributed by atoms with E-state index in [1.165, 1.54) is 21.4 Å². The van der Waals surface area contributed by atoms with Crippen molar-refractivity contribution in [1.82, 2.24) is 9.29 Å². The minimum Gasteiger partial charge on any atom is -0.244 e. The third-order valence-electron chi connectivity index (χ3n) is 3.68. The summed E-state index contributed by atoms with van der Waals surface area (Å²) in [6, 6.07) is 6.58. The van der Waals surface area contributed by atoms with Crippen LogP contribution in [0.3, 0.4) is 0 Å². The monoisotopic (exact) mass is 319 g/mol. The van der Waals surface area contributed by atoms with E-state index in [2.05, 4.69) is 4.98 Å². The molecule has 5 nitrogen and oxygen atoms in total. The fourth-order valence-corrected chi connectivity index (χ4v) is 5.29. The summed E-state index contributed by atoms with van der Waals surface area (Å²) in [7, 11) is -3.72. The van der Waals surface area contributed by atoms with E-state index in [-0.39, 0.29) is 16.6 Å². The lowest BCUT2D eigenvalue weighted by Gasteiger charge is -2.32. The largest absolute Gasteiger partial charge is 0.246 e. The SMILES string of the molecule is CC1c2ccsc2CCN1S(=O)(=O)c1cccnc1C#N. The summed E-state index contributed by atoms with van der Waals surface area (Å²) in [5, 5.41) is 11.1. The maximum absolute atomic E-state index is 12.8. The van der Waals surface area contributed by atoms with Crippen molar-refractivity contribution in [2.75, 3.05) is 6.54 Å². The maximum Gasteiger partial charge on any atom is 0.246 e. The molecule has 21 heavy (non-hydrogen) atoms. The van der Waals surface area contributed by atoms with Crippen molar-refractivity contribution in [3.05, 3.63) is 45.9 Å². The number of fused-ring (bicyclic) bond motifs is 1. The van der Waals surface area contributed by atoms with E-state index < -0.39 is 10.0 Å². The van der Waals surface area contributed by atoms with Crippen molar-refractivity contribution in [2.24, 2.45) is 0 Å². The first kappa shape index (κ1) is 14.2. The van der Waals surface area contributed by atoms with Gasteiger partial charge in [-0.25, -0.2) is 13.4 Å². The predicted octanol–water partition coefficient (Wildman–Crippen LogP) is 2.32. The second kappa shape index (κ2) is 5.22. The predicted molar refractivity (Wildman–Crippen MR) is 79.3 cm³/mol. The summed E-state index contributed by atoms with van der Waals surface area (Å²) in [6.07, 6.45) is 2.13. The van der Waals surface area contributed by atoms with Crippen molar-refractivity contribution < 1.29 is 8.42 Å². The van der Waals surface area contributed by atoms with E-state index in [4.69, 9.17) is 5.26 Å². The third-order valence-corrected chi connectivity index (χ3v) is 6.68. The zero-order chi connectivity index (χ0) is 15.0. The molecular weight excluding hydrogens is 306 g/mol. The highest BCUT2D eigenvalue weighted by Crippen LogP contribution is 2.36.